The van der Waals surface area contributed by atoms with Gasteiger partial charge in [-0.05, 0) is 6.42 Å². The fraction of sp³-hybridized carbons (Fsp3) is 0.949. The van der Waals surface area contributed by atoms with Crippen molar-refractivity contribution in [3.05, 3.63) is 0 Å². The Hall–Kier alpha value is -0.840. The standard InChI is InChI=1S/C39H76O10/c1-3-5-6-7-8-9-10-11-12-13-14-15-16-17-18-19-21-41-23-25-43-27-29-45-31-33-47-35-37-49-39-38-48-36-34-46-32-30-44-28-26-42-24-22-40-20-4-2/h2H,3,5-39H2,1H3. The van der Waals surface area contributed by atoms with E-state index in [1.54, 1.807) is 0 Å². The highest BCUT2D eigenvalue weighted by Gasteiger charge is 1.98. The van der Waals surface area contributed by atoms with Gasteiger partial charge in [0.1, 0.15) is 6.61 Å². The summed E-state index contributed by atoms with van der Waals surface area (Å²) < 4.78 is 54.6. The van der Waals surface area contributed by atoms with Crippen molar-refractivity contribution in [1.82, 2.24) is 0 Å². The van der Waals surface area contributed by atoms with Gasteiger partial charge in [-0.15, -0.1) is 6.42 Å². The monoisotopic (exact) mass is 705 g/mol. The molecule has 0 saturated carbocycles. The van der Waals surface area contributed by atoms with Gasteiger partial charge in [0.25, 0.3) is 0 Å². The lowest BCUT2D eigenvalue weighted by Crippen LogP contribution is -2.15. The Morgan fingerprint density at radius 1 is 0.265 bits per heavy atom. The molecule has 0 aromatic rings. The van der Waals surface area contributed by atoms with Gasteiger partial charge in [0, 0.05) is 6.61 Å². The zero-order chi connectivity index (χ0) is 35.2. The van der Waals surface area contributed by atoms with Crippen molar-refractivity contribution < 1.29 is 47.4 Å². The maximum atomic E-state index is 5.69. The molecule has 0 rings (SSSR count). The van der Waals surface area contributed by atoms with E-state index in [0.717, 1.165) is 13.0 Å². The second-order valence-corrected chi connectivity index (χ2v) is 12.1. The minimum atomic E-state index is 0.313. The van der Waals surface area contributed by atoms with Crippen molar-refractivity contribution in [1.29, 1.82) is 0 Å². The molecule has 0 bridgehead atoms. The van der Waals surface area contributed by atoms with Crippen molar-refractivity contribution in [3.8, 4) is 12.3 Å². The van der Waals surface area contributed by atoms with E-state index in [2.05, 4.69) is 12.8 Å². The van der Waals surface area contributed by atoms with Crippen LogP contribution >= 0.6 is 0 Å². The molecular formula is C39H76O10. The van der Waals surface area contributed by atoms with Crippen molar-refractivity contribution in [3.63, 3.8) is 0 Å². The van der Waals surface area contributed by atoms with Crippen LogP contribution in [-0.2, 0) is 47.4 Å². The molecule has 0 heterocycles. The van der Waals surface area contributed by atoms with Crippen molar-refractivity contribution in [2.75, 3.05) is 132 Å². The van der Waals surface area contributed by atoms with Gasteiger partial charge < -0.3 is 47.4 Å². The maximum Gasteiger partial charge on any atom is 0.107 e. The van der Waals surface area contributed by atoms with Crippen LogP contribution in [0.4, 0.5) is 0 Å². The van der Waals surface area contributed by atoms with E-state index in [0.29, 0.717) is 126 Å². The molecule has 0 fully saturated rings. The summed E-state index contributed by atoms with van der Waals surface area (Å²) in [5.41, 5.74) is 0. The summed E-state index contributed by atoms with van der Waals surface area (Å²) in [6.07, 6.45) is 27.3. The third-order valence-corrected chi connectivity index (χ3v) is 7.68. The van der Waals surface area contributed by atoms with Crippen molar-refractivity contribution in [2.45, 2.75) is 110 Å². The molecule has 10 heteroatoms. The number of hydrogen-bond donors (Lipinski definition) is 0. The van der Waals surface area contributed by atoms with Gasteiger partial charge in [-0.25, -0.2) is 0 Å². The van der Waals surface area contributed by atoms with E-state index in [-0.39, 0.29) is 0 Å². The third-order valence-electron chi connectivity index (χ3n) is 7.68. The van der Waals surface area contributed by atoms with Crippen LogP contribution < -0.4 is 0 Å². The van der Waals surface area contributed by atoms with Crippen molar-refractivity contribution in [2.24, 2.45) is 0 Å². The highest BCUT2D eigenvalue weighted by atomic mass is 16.6. The molecule has 0 amide bonds. The molecule has 0 aliphatic rings. The maximum absolute atomic E-state index is 5.69. The van der Waals surface area contributed by atoms with Crippen LogP contribution in [0.15, 0.2) is 0 Å². The van der Waals surface area contributed by atoms with Crippen LogP contribution in [-0.4, -0.2) is 132 Å². The molecule has 0 aromatic heterocycles. The Morgan fingerprint density at radius 3 is 0.714 bits per heavy atom. The Bertz CT molecular complexity index is 619. The largest absolute Gasteiger partial charge is 0.379 e. The quantitative estimate of drug-likeness (QED) is 0.0485. The lowest BCUT2D eigenvalue weighted by atomic mass is 10.0. The molecule has 0 aliphatic carbocycles. The molecule has 0 aliphatic heterocycles. The zero-order valence-corrected chi connectivity index (χ0v) is 31.6. The molecule has 0 N–H and O–H groups in total. The van der Waals surface area contributed by atoms with Crippen LogP contribution in [0.5, 0.6) is 0 Å². The normalized spacial score (nSPS) is 11.4. The average Bonchev–Trinajstić information content (AvgIpc) is 3.11. The molecule has 0 unspecified atom stereocenters. The fourth-order valence-corrected chi connectivity index (χ4v) is 4.86. The number of unbranched alkanes of at least 4 members (excludes halogenated alkanes) is 15. The van der Waals surface area contributed by atoms with E-state index in [4.69, 9.17) is 53.8 Å². The van der Waals surface area contributed by atoms with Gasteiger partial charge in [-0.2, -0.15) is 0 Å². The van der Waals surface area contributed by atoms with E-state index in [1.807, 2.05) is 0 Å². The summed E-state index contributed by atoms with van der Waals surface area (Å²) >= 11 is 0. The summed E-state index contributed by atoms with van der Waals surface area (Å²) in [6.45, 7) is 13.2. The van der Waals surface area contributed by atoms with E-state index < -0.39 is 0 Å². The molecule has 0 saturated heterocycles. The molecule has 0 aromatic carbocycles. The van der Waals surface area contributed by atoms with Gasteiger partial charge in [0.05, 0.1) is 119 Å². The Kier molecular flexibility index (Phi) is 46.4. The van der Waals surface area contributed by atoms with E-state index >= 15 is 0 Å². The highest BCUT2D eigenvalue weighted by Crippen LogP contribution is 2.13. The lowest BCUT2D eigenvalue weighted by Gasteiger charge is -2.09. The van der Waals surface area contributed by atoms with Crippen LogP contribution in [0.2, 0.25) is 0 Å². The Labute approximate surface area is 301 Å². The SMILES string of the molecule is C#CCOCCOCCOCCOCCOCCOCCOCCOCCOCCOCCCCCCCCCCCCCCCCCC. The Balaban J connectivity index is 3.04. The first-order chi connectivity index (χ1) is 24.4. The van der Waals surface area contributed by atoms with Crippen LogP contribution in [0.25, 0.3) is 0 Å². The van der Waals surface area contributed by atoms with Gasteiger partial charge >= 0.3 is 0 Å². The number of ether oxygens (including phenoxy) is 10. The topological polar surface area (TPSA) is 92.3 Å². The molecule has 10 nitrogen and oxygen atoms in total. The summed E-state index contributed by atoms with van der Waals surface area (Å²) in [4.78, 5) is 0. The zero-order valence-electron chi connectivity index (χ0n) is 31.6. The van der Waals surface area contributed by atoms with Crippen molar-refractivity contribution >= 4 is 0 Å². The van der Waals surface area contributed by atoms with Crippen LogP contribution in [0.1, 0.15) is 110 Å². The van der Waals surface area contributed by atoms with Gasteiger partial charge in [-0.3, -0.25) is 0 Å². The predicted octanol–water partition coefficient (Wildman–Crippen LogP) is 7.05. The second kappa shape index (κ2) is 47.2. The molecule has 49 heavy (non-hydrogen) atoms. The highest BCUT2D eigenvalue weighted by molar-refractivity contribution is 4.82. The average molecular weight is 705 g/mol. The Morgan fingerprint density at radius 2 is 0.469 bits per heavy atom. The number of rotatable bonds is 45. The van der Waals surface area contributed by atoms with Gasteiger partial charge in [-0.1, -0.05) is 109 Å². The molecule has 0 spiro atoms. The summed E-state index contributed by atoms with van der Waals surface area (Å²) in [5, 5.41) is 0. The first-order valence-corrected chi connectivity index (χ1v) is 19.6. The van der Waals surface area contributed by atoms with E-state index in [1.165, 1.54) is 96.3 Å². The van der Waals surface area contributed by atoms with E-state index in [9.17, 15) is 0 Å². The minimum absolute atomic E-state index is 0.313. The fourth-order valence-electron chi connectivity index (χ4n) is 4.86. The first-order valence-electron chi connectivity index (χ1n) is 19.6. The summed E-state index contributed by atoms with van der Waals surface area (Å²) in [7, 11) is 0. The predicted molar refractivity (Wildman–Crippen MR) is 197 cm³/mol. The first kappa shape index (κ1) is 48.2. The summed E-state index contributed by atoms with van der Waals surface area (Å²) in [6, 6.07) is 0. The molecule has 0 radical (unpaired) electrons. The van der Waals surface area contributed by atoms with Gasteiger partial charge in [0.2, 0.25) is 0 Å². The second-order valence-electron chi connectivity index (χ2n) is 12.1. The third kappa shape index (κ3) is 47.2. The van der Waals surface area contributed by atoms with Crippen LogP contribution in [0.3, 0.4) is 0 Å². The van der Waals surface area contributed by atoms with Gasteiger partial charge in [0.15, 0.2) is 0 Å². The molecular weight excluding hydrogens is 628 g/mol. The van der Waals surface area contributed by atoms with Crippen LogP contribution in [0, 0.1) is 12.3 Å². The molecule has 0 atom stereocenters. The smallest absolute Gasteiger partial charge is 0.107 e. The number of hydrogen-bond acceptors (Lipinski definition) is 10. The lowest BCUT2D eigenvalue weighted by molar-refractivity contribution is -0.0261. The summed E-state index contributed by atoms with van der Waals surface area (Å²) in [5.74, 6) is 2.40. The molecule has 292 valence electrons. The minimum Gasteiger partial charge on any atom is -0.379 e. The number of terminal acetylenes is 1.